The standard InChI is InChI=1S/C19H24N4O/c1-2-18(24)17-11-16-13-22(9-4-10-23(16)21-17)12-15-6-3-5-14-7-8-20-19(14)15/h3,5-8,11,18,20,24H,2,4,9-10,12-13H2,1H3. The van der Waals surface area contributed by atoms with Crippen LogP contribution in [-0.4, -0.2) is 31.3 Å². The van der Waals surface area contributed by atoms with Gasteiger partial charge in [0.15, 0.2) is 0 Å². The summed E-state index contributed by atoms with van der Waals surface area (Å²) in [6.07, 6.45) is 3.33. The van der Waals surface area contributed by atoms with Gasteiger partial charge in [-0.15, -0.1) is 0 Å². The van der Waals surface area contributed by atoms with Crippen LogP contribution in [0.3, 0.4) is 0 Å². The maximum absolute atomic E-state index is 10.1. The number of fused-ring (bicyclic) bond motifs is 2. The molecule has 0 spiro atoms. The Morgan fingerprint density at radius 3 is 3.08 bits per heavy atom. The fourth-order valence-electron chi connectivity index (χ4n) is 3.58. The molecule has 2 N–H and O–H groups in total. The summed E-state index contributed by atoms with van der Waals surface area (Å²) in [5.74, 6) is 0. The van der Waals surface area contributed by atoms with Crippen LogP contribution in [0.4, 0.5) is 0 Å². The van der Waals surface area contributed by atoms with Crippen LogP contribution in [0.25, 0.3) is 10.9 Å². The second-order valence-electron chi connectivity index (χ2n) is 6.63. The molecule has 1 atom stereocenters. The molecule has 1 aliphatic rings. The van der Waals surface area contributed by atoms with Crippen molar-refractivity contribution >= 4 is 10.9 Å². The second kappa shape index (κ2) is 6.42. The largest absolute Gasteiger partial charge is 0.387 e. The molecule has 4 rings (SSSR count). The summed E-state index contributed by atoms with van der Waals surface area (Å²) in [5.41, 5.74) is 4.58. The molecule has 0 saturated carbocycles. The fraction of sp³-hybridized carbons (Fsp3) is 0.421. The van der Waals surface area contributed by atoms with Crippen molar-refractivity contribution in [2.45, 2.75) is 45.5 Å². The molecule has 24 heavy (non-hydrogen) atoms. The smallest absolute Gasteiger partial charge is 0.0975 e. The third-order valence-corrected chi connectivity index (χ3v) is 4.91. The Morgan fingerprint density at radius 2 is 2.21 bits per heavy atom. The summed E-state index contributed by atoms with van der Waals surface area (Å²) < 4.78 is 2.07. The summed E-state index contributed by atoms with van der Waals surface area (Å²) in [4.78, 5) is 5.83. The van der Waals surface area contributed by atoms with E-state index in [1.54, 1.807) is 0 Å². The van der Waals surface area contributed by atoms with Crippen LogP contribution in [-0.2, 0) is 19.6 Å². The van der Waals surface area contributed by atoms with Crippen LogP contribution >= 0.6 is 0 Å². The maximum atomic E-state index is 10.1. The zero-order valence-corrected chi connectivity index (χ0v) is 14.1. The highest BCUT2D eigenvalue weighted by molar-refractivity contribution is 5.82. The van der Waals surface area contributed by atoms with Crippen molar-refractivity contribution in [1.29, 1.82) is 0 Å². The van der Waals surface area contributed by atoms with Crippen molar-refractivity contribution in [2.75, 3.05) is 6.54 Å². The van der Waals surface area contributed by atoms with E-state index in [-0.39, 0.29) is 0 Å². The Labute approximate surface area is 141 Å². The molecule has 0 bridgehead atoms. The first-order valence-corrected chi connectivity index (χ1v) is 8.76. The van der Waals surface area contributed by atoms with Gasteiger partial charge in [0, 0.05) is 37.9 Å². The zero-order valence-electron chi connectivity index (χ0n) is 14.1. The number of aliphatic hydroxyl groups excluding tert-OH is 1. The van der Waals surface area contributed by atoms with E-state index >= 15 is 0 Å². The fourth-order valence-corrected chi connectivity index (χ4v) is 3.58. The number of aromatic nitrogens is 3. The number of nitrogens with one attached hydrogen (secondary N) is 1. The number of aliphatic hydroxyl groups is 1. The number of benzene rings is 1. The molecule has 3 aromatic rings. The van der Waals surface area contributed by atoms with Crippen LogP contribution in [0.15, 0.2) is 36.5 Å². The predicted octanol–water partition coefficient (Wildman–Crippen LogP) is 3.21. The molecular formula is C19H24N4O. The van der Waals surface area contributed by atoms with E-state index in [9.17, 15) is 5.11 Å². The summed E-state index contributed by atoms with van der Waals surface area (Å²) in [6.45, 7) is 5.77. The van der Waals surface area contributed by atoms with Crippen LogP contribution in [0.2, 0.25) is 0 Å². The minimum atomic E-state index is -0.453. The van der Waals surface area contributed by atoms with Crippen molar-refractivity contribution in [3.8, 4) is 0 Å². The highest BCUT2D eigenvalue weighted by atomic mass is 16.3. The van der Waals surface area contributed by atoms with Crippen molar-refractivity contribution in [2.24, 2.45) is 0 Å². The van der Waals surface area contributed by atoms with Gasteiger partial charge >= 0.3 is 0 Å². The molecule has 0 fully saturated rings. The molecule has 0 aliphatic carbocycles. The van der Waals surface area contributed by atoms with Crippen molar-refractivity contribution in [1.82, 2.24) is 19.7 Å². The van der Waals surface area contributed by atoms with Crippen molar-refractivity contribution < 1.29 is 5.11 Å². The first-order chi connectivity index (χ1) is 11.7. The lowest BCUT2D eigenvalue weighted by molar-refractivity contribution is 0.167. The zero-order chi connectivity index (χ0) is 16.5. The van der Waals surface area contributed by atoms with Gasteiger partial charge in [0.05, 0.1) is 17.5 Å². The number of aromatic amines is 1. The molecule has 0 amide bonds. The van der Waals surface area contributed by atoms with Gasteiger partial charge in [-0.1, -0.05) is 25.1 Å². The highest BCUT2D eigenvalue weighted by Gasteiger charge is 2.19. The SMILES string of the molecule is CCC(O)c1cc2n(n1)CCCN(Cc1cccc3cc[nH]c13)C2. The van der Waals surface area contributed by atoms with Gasteiger partial charge in [-0.05, 0) is 35.9 Å². The second-order valence-corrected chi connectivity index (χ2v) is 6.63. The molecule has 5 heteroatoms. The molecule has 126 valence electrons. The lowest BCUT2D eigenvalue weighted by atomic mass is 10.1. The average molecular weight is 324 g/mol. The monoisotopic (exact) mass is 324 g/mol. The highest BCUT2D eigenvalue weighted by Crippen LogP contribution is 2.23. The van der Waals surface area contributed by atoms with E-state index in [0.717, 1.165) is 38.3 Å². The number of hydrogen-bond acceptors (Lipinski definition) is 3. The summed E-state index contributed by atoms with van der Waals surface area (Å²) >= 11 is 0. The van der Waals surface area contributed by atoms with Crippen LogP contribution in [0, 0.1) is 0 Å². The predicted molar refractivity (Wildman–Crippen MR) is 94.5 cm³/mol. The van der Waals surface area contributed by atoms with Gasteiger partial charge in [0.2, 0.25) is 0 Å². The number of hydrogen-bond donors (Lipinski definition) is 2. The summed E-state index contributed by atoms with van der Waals surface area (Å²) in [6, 6.07) is 10.7. The summed E-state index contributed by atoms with van der Waals surface area (Å²) in [5, 5.41) is 15.9. The molecule has 1 unspecified atom stereocenters. The van der Waals surface area contributed by atoms with Gasteiger partial charge in [-0.25, -0.2) is 0 Å². The Hall–Kier alpha value is -2.11. The molecule has 0 saturated heterocycles. The van der Waals surface area contributed by atoms with E-state index in [1.807, 2.05) is 13.1 Å². The maximum Gasteiger partial charge on any atom is 0.0975 e. The van der Waals surface area contributed by atoms with Crippen LogP contribution in [0.5, 0.6) is 0 Å². The molecule has 0 radical (unpaired) electrons. The average Bonchev–Trinajstić information content (AvgIpc) is 3.18. The van der Waals surface area contributed by atoms with E-state index < -0.39 is 6.10 Å². The minimum absolute atomic E-state index is 0.453. The number of rotatable bonds is 4. The topological polar surface area (TPSA) is 57.1 Å². The van der Waals surface area contributed by atoms with Crippen LogP contribution in [0.1, 0.15) is 42.8 Å². The number of nitrogens with zero attached hydrogens (tertiary/aromatic N) is 3. The molecular weight excluding hydrogens is 300 g/mol. The molecule has 2 aromatic heterocycles. The third kappa shape index (κ3) is 2.85. The van der Waals surface area contributed by atoms with Crippen LogP contribution < -0.4 is 0 Å². The van der Waals surface area contributed by atoms with E-state index in [2.05, 4.69) is 50.0 Å². The van der Waals surface area contributed by atoms with E-state index in [4.69, 9.17) is 0 Å². The van der Waals surface area contributed by atoms with Gasteiger partial charge in [-0.2, -0.15) is 5.10 Å². The lowest BCUT2D eigenvalue weighted by Gasteiger charge is -2.20. The van der Waals surface area contributed by atoms with E-state index in [0.29, 0.717) is 6.42 Å². The van der Waals surface area contributed by atoms with E-state index in [1.165, 1.54) is 22.2 Å². The Bertz CT molecular complexity index is 835. The lowest BCUT2D eigenvalue weighted by Crippen LogP contribution is -2.22. The molecule has 5 nitrogen and oxygen atoms in total. The Balaban J connectivity index is 1.57. The molecule has 1 aromatic carbocycles. The number of aryl methyl sites for hydroxylation is 1. The van der Waals surface area contributed by atoms with Gasteiger partial charge < -0.3 is 10.1 Å². The molecule has 3 heterocycles. The van der Waals surface area contributed by atoms with Gasteiger partial charge in [0.25, 0.3) is 0 Å². The van der Waals surface area contributed by atoms with Crippen molar-refractivity contribution in [3.63, 3.8) is 0 Å². The third-order valence-electron chi connectivity index (χ3n) is 4.91. The minimum Gasteiger partial charge on any atom is -0.387 e. The number of para-hydroxylation sites is 1. The molecule has 1 aliphatic heterocycles. The first-order valence-electron chi connectivity index (χ1n) is 8.76. The quantitative estimate of drug-likeness (QED) is 0.775. The summed E-state index contributed by atoms with van der Waals surface area (Å²) in [7, 11) is 0. The Morgan fingerprint density at radius 1 is 1.29 bits per heavy atom. The van der Waals surface area contributed by atoms with Gasteiger partial charge in [-0.3, -0.25) is 9.58 Å². The Kier molecular flexibility index (Phi) is 4.12. The van der Waals surface area contributed by atoms with Crippen molar-refractivity contribution in [3.05, 3.63) is 53.5 Å². The van der Waals surface area contributed by atoms with Gasteiger partial charge in [0.1, 0.15) is 0 Å². The normalized spacial score (nSPS) is 16.9. The first kappa shape index (κ1) is 15.4. The number of H-pyrrole nitrogens is 1.